The zero-order valence-corrected chi connectivity index (χ0v) is 43.6. The maximum absolute atomic E-state index is 14.1. The molecule has 1 unspecified atom stereocenters. The van der Waals surface area contributed by atoms with Crippen molar-refractivity contribution < 1.29 is 32.7 Å². The number of methoxy groups -OCH3 is 1. The normalized spacial score (nSPS) is 21.6. The molecule has 16 nitrogen and oxygen atoms in total. The number of pyridine rings is 1. The molecular weight excluding hydrogens is 957 g/mol. The molecule has 4 aromatic carbocycles. The molecule has 17 heteroatoms. The average molecular weight is 1030 g/mol. The third-order valence-electron chi connectivity index (χ3n) is 16.3. The summed E-state index contributed by atoms with van der Waals surface area (Å²) in [6, 6.07) is 30.6. The molecule has 0 radical (unpaired) electrons. The fourth-order valence-corrected chi connectivity index (χ4v) is 12.9. The van der Waals surface area contributed by atoms with Crippen molar-refractivity contribution in [2.45, 2.75) is 107 Å². The van der Waals surface area contributed by atoms with Crippen LogP contribution in [-0.2, 0) is 16.6 Å². The van der Waals surface area contributed by atoms with Crippen LogP contribution in [0.2, 0.25) is 0 Å². The van der Waals surface area contributed by atoms with Crippen molar-refractivity contribution in [2.24, 2.45) is 11.3 Å². The minimum Gasteiger partial charge on any atom is -0.497 e. The summed E-state index contributed by atoms with van der Waals surface area (Å²) in [5.74, 6) is 1.04. The van der Waals surface area contributed by atoms with Gasteiger partial charge in [0, 0.05) is 87.3 Å². The van der Waals surface area contributed by atoms with Crippen molar-refractivity contribution in [3.8, 4) is 17.2 Å². The van der Waals surface area contributed by atoms with Crippen molar-refractivity contribution in [1.82, 2.24) is 24.5 Å². The number of nitro groups is 1. The van der Waals surface area contributed by atoms with Gasteiger partial charge in [0.1, 0.15) is 28.6 Å². The Hall–Kier alpha value is -6.53. The number of nitrogens with one attached hydrogen (secondary N) is 3. The van der Waals surface area contributed by atoms with Gasteiger partial charge in [-0.2, -0.15) is 0 Å². The Morgan fingerprint density at radius 2 is 1.69 bits per heavy atom. The van der Waals surface area contributed by atoms with Crippen molar-refractivity contribution >= 4 is 44.0 Å². The van der Waals surface area contributed by atoms with Crippen molar-refractivity contribution in [3.05, 3.63) is 142 Å². The molecule has 4 N–H and O–H groups in total. The van der Waals surface area contributed by atoms with Crippen LogP contribution in [0.25, 0.3) is 11.0 Å². The van der Waals surface area contributed by atoms with E-state index in [1.54, 1.807) is 37.7 Å². The van der Waals surface area contributed by atoms with Gasteiger partial charge in [0.25, 0.3) is 21.6 Å². The SMILES string of the molecule is COc1ccc(CN2CCN(C3CC4(CCN(c5ccc(C(=O)NS(=O)(=O)c6ccc(NC[C@H]7CC[C@](C)(O)CC7)c([N+](=O)[O-])c6)c(Oc6cnc7[nH]ccc7c6)c5)CC4)C3)C(c3ccccc3C(C)C)C2)cc1. The first kappa shape index (κ1) is 51.0. The second-order valence-corrected chi connectivity index (χ2v) is 23.4. The summed E-state index contributed by atoms with van der Waals surface area (Å²) in [6.45, 7) is 12.3. The predicted molar refractivity (Wildman–Crippen MR) is 287 cm³/mol. The highest BCUT2D eigenvalue weighted by molar-refractivity contribution is 7.90. The number of ether oxygens (including phenoxy) is 2. The molecule has 390 valence electrons. The molecule has 2 aliphatic heterocycles. The number of nitro benzene ring substituents is 1. The number of fused-ring (bicyclic) bond motifs is 1. The largest absolute Gasteiger partial charge is 0.497 e. The fourth-order valence-electron chi connectivity index (χ4n) is 11.9. The Bertz CT molecular complexity index is 3100. The molecule has 10 rings (SSSR count). The highest BCUT2D eigenvalue weighted by Gasteiger charge is 2.50. The maximum atomic E-state index is 14.1. The minimum atomic E-state index is -4.59. The van der Waals surface area contributed by atoms with Crippen LogP contribution in [0.3, 0.4) is 0 Å². The number of H-pyrrole nitrogens is 1. The number of amides is 1. The number of carbonyl (C=O) groups excluding carboxylic acids is 1. The number of aromatic amines is 1. The second kappa shape index (κ2) is 21.0. The Morgan fingerprint density at radius 1 is 0.932 bits per heavy atom. The molecule has 2 saturated heterocycles. The van der Waals surface area contributed by atoms with Crippen LogP contribution in [-0.4, -0.2) is 102 Å². The number of hydrogen-bond donors (Lipinski definition) is 4. The van der Waals surface area contributed by atoms with E-state index in [0.29, 0.717) is 48.8 Å². The fraction of sp³-hybridized carbons (Fsp3) is 0.439. The number of nitrogens with zero attached hydrogens (tertiary/aromatic N) is 5. The Balaban J connectivity index is 0.830. The van der Waals surface area contributed by atoms with E-state index in [1.165, 1.54) is 28.8 Å². The molecule has 1 atom stereocenters. The topological polar surface area (TPSA) is 195 Å². The quantitative estimate of drug-likeness (QED) is 0.0529. The number of carbonyl (C=O) groups is 1. The number of benzene rings is 4. The van der Waals surface area contributed by atoms with Gasteiger partial charge >= 0.3 is 0 Å². The summed E-state index contributed by atoms with van der Waals surface area (Å²) >= 11 is 0. The lowest BCUT2D eigenvalue weighted by atomic mass is 9.59. The van der Waals surface area contributed by atoms with E-state index in [1.807, 2.05) is 31.2 Å². The summed E-state index contributed by atoms with van der Waals surface area (Å²) in [4.78, 5) is 40.5. The number of hydrogen-bond acceptors (Lipinski definition) is 13. The van der Waals surface area contributed by atoms with E-state index in [2.05, 4.69) is 85.0 Å². The minimum absolute atomic E-state index is 0.0289. The smallest absolute Gasteiger partial charge is 0.293 e. The standard InChI is InChI=1S/C57H68N8O8S/c1-38(2)47-7-5-6-8-48(47)52-37-62(36-40-9-12-44(72-4)13-10-40)27-28-64(52)43-32-57(33-43)22-25-63(26-23-57)42-11-15-49(53(30-42)73-45-29-41-19-24-58-54(41)60-35-45)55(66)61-74(70,71)46-14-16-50(51(31-46)65(68)69)59-34-39-17-20-56(3,67)21-18-39/h5-16,19,24,29-31,35,38-39,43,52,59,67H,17-18,20-23,25-28,32-34,36-37H2,1-4H3,(H,58,60)(H,61,66)/t39-,52?,56-. The predicted octanol–water partition coefficient (Wildman–Crippen LogP) is 10.2. The van der Waals surface area contributed by atoms with Crippen LogP contribution < -0.4 is 24.4 Å². The number of rotatable bonds is 16. The van der Waals surface area contributed by atoms with Crippen molar-refractivity contribution in [1.29, 1.82) is 0 Å². The van der Waals surface area contributed by atoms with Gasteiger partial charge in [-0.1, -0.05) is 50.2 Å². The summed E-state index contributed by atoms with van der Waals surface area (Å²) < 4.78 is 41.7. The van der Waals surface area contributed by atoms with Crippen molar-refractivity contribution in [2.75, 3.05) is 56.6 Å². The van der Waals surface area contributed by atoms with E-state index in [0.717, 1.165) is 101 Å². The van der Waals surface area contributed by atoms with Crippen LogP contribution in [0, 0.1) is 21.4 Å². The van der Waals surface area contributed by atoms with Gasteiger partial charge in [-0.25, -0.2) is 18.1 Å². The Morgan fingerprint density at radius 3 is 2.42 bits per heavy atom. The number of anilines is 2. The summed E-state index contributed by atoms with van der Waals surface area (Å²) in [7, 11) is -2.89. The number of sulfonamides is 1. The van der Waals surface area contributed by atoms with Gasteiger partial charge in [-0.15, -0.1) is 0 Å². The highest BCUT2D eigenvalue weighted by atomic mass is 32.2. The van der Waals surface area contributed by atoms with Gasteiger partial charge in [0.2, 0.25) is 0 Å². The van der Waals surface area contributed by atoms with Gasteiger partial charge in [0.15, 0.2) is 0 Å². The molecule has 6 aromatic rings. The summed E-state index contributed by atoms with van der Waals surface area (Å²) in [5.41, 5.74) is 4.87. The summed E-state index contributed by atoms with van der Waals surface area (Å²) in [5, 5.41) is 26.5. The number of aliphatic hydroxyl groups is 1. The average Bonchev–Trinajstić information content (AvgIpc) is 3.86. The van der Waals surface area contributed by atoms with E-state index in [4.69, 9.17) is 9.47 Å². The van der Waals surface area contributed by atoms with Crippen LogP contribution >= 0.6 is 0 Å². The van der Waals surface area contributed by atoms with Gasteiger partial charge in [-0.05, 0) is 141 Å². The van der Waals surface area contributed by atoms with E-state index in [9.17, 15) is 28.4 Å². The Labute approximate surface area is 433 Å². The molecule has 4 fully saturated rings. The first-order valence-electron chi connectivity index (χ1n) is 26.1. The lowest BCUT2D eigenvalue weighted by Gasteiger charge is -2.58. The molecule has 74 heavy (non-hydrogen) atoms. The van der Waals surface area contributed by atoms with Gasteiger partial charge in [-0.3, -0.25) is 24.7 Å². The number of piperazine rings is 1. The van der Waals surface area contributed by atoms with Gasteiger partial charge < -0.3 is 29.8 Å². The lowest BCUT2D eigenvalue weighted by Crippen LogP contribution is -2.60. The van der Waals surface area contributed by atoms with Crippen LogP contribution in [0.1, 0.15) is 111 Å². The zero-order chi connectivity index (χ0) is 51.8. The first-order valence-corrected chi connectivity index (χ1v) is 27.5. The van der Waals surface area contributed by atoms with Crippen LogP contribution in [0.5, 0.6) is 17.2 Å². The molecule has 4 heterocycles. The Kier molecular flexibility index (Phi) is 14.5. The second-order valence-electron chi connectivity index (χ2n) is 21.7. The lowest BCUT2D eigenvalue weighted by molar-refractivity contribution is -0.384. The maximum Gasteiger partial charge on any atom is 0.293 e. The van der Waals surface area contributed by atoms with Gasteiger partial charge in [0.05, 0.1) is 34.3 Å². The molecule has 2 saturated carbocycles. The van der Waals surface area contributed by atoms with E-state index >= 15 is 0 Å². The van der Waals surface area contributed by atoms with Crippen molar-refractivity contribution in [3.63, 3.8) is 0 Å². The van der Waals surface area contributed by atoms with Crippen LogP contribution in [0.4, 0.5) is 17.1 Å². The third kappa shape index (κ3) is 11.1. The molecular formula is C57H68N8O8S. The molecule has 1 spiro atoms. The molecule has 2 aromatic heterocycles. The molecule has 4 aliphatic rings. The molecule has 0 bridgehead atoms. The number of aromatic nitrogens is 2. The highest BCUT2D eigenvalue weighted by Crippen LogP contribution is 2.53. The molecule has 1 amide bonds. The monoisotopic (exact) mass is 1020 g/mol. The molecule has 2 aliphatic carbocycles. The zero-order valence-electron chi connectivity index (χ0n) is 42.8. The third-order valence-corrected chi connectivity index (χ3v) is 17.7. The van der Waals surface area contributed by atoms with Crippen LogP contribution in [0.15, 0.2) is 114 Å². The van der Waals surface area contributed by atoms with E-state index < -0.39 is 37.0 Å². The summed E-state index contributed by atoms with van der Waals surface area (Å²) in [6.07, 6.45) is 10.4. The van der Waals surface area contributed by atoms with E-state index in [-0.39, 0.29) is 28.3 Å². The first-order chi connectivity index (χ1) is 35.5. The number of piperidine rings is 1.